The summed E-state index contributed by atoms with van der Waals surface area (Å²) in [5, 5.41) is 0. The van der Waals surface area contributed by atoms with E-state index in [1.165, 1.54) is 5.56 Å². The zero-order valence-corrected chi connectivity index (χ0v) is 14.5. The van der Waals surface area contributed by atoms with Gasteiger partial charge in [-0.2, -0.15) is 0 Å². The van der Waals surface area contributed by atoms with E-state index in [-0.39, 0.29) is 0 Å². The maximum atomic E-state index is 5.45. The Balaban J connectivity index is 2.08. The fraction of sp³-hybridized carbons (Fsp3) is 0.250. The topological polar surface area (TPSA) is 36.3 Å². The number of hydrogen-bond donors (Lipinski definition) is 0. The van der Waals surface area contributed by atoms with Gasteiger partial charge in [0.2, 0.25) is 0 Å². The second-order valence-corrected chi connectivity index (χ2v) is 5.73. The minimum absolute atomic E-state index is 0.722. The van der Waals surface area contributed by atoms with Crippen molar-refractivity contribution < 1.29 is 9.47 Å². The van der Waals surface area contributed by atoms with Crippen molar-refractivity contribution in [2.45, 2.75) is 20.4 Å². The number of aromatic nitrogens is 2. The Bertz CT molecular complexity index is 838. The zero-order chi connectivity index (χ0) is 17.1. The fourth-order valence-corrected chi connectivity index (χ4v) is 3.02. The monoisotopic (exact) mass is 322 g/mol. The molecule has 0 atom stereocenters. The van der Waals surface area contributed by atoms with Crippen molar-refractivity contribution >= 4 is 0 Å². The Morgan fingerprint density at radius 2 is 1.62 bits per heavy atom. The van der Waals surface area contributed by atoms with Crippen molar-refractivity contribution in [3.8, 4) is 22.8 Å². The fourth-order valence-electron chi connectivity index (χ4n) is 3.02. The van der Waals surface area contributed by atoms with Crippen LogP contribution in [0.15, 0.2) is 48.5 Å². The summed E-state index contributed by atoms with van der Waals surface area (Å²) in [5.41, 5.74) is 4.44. The number of rotatable bonds is 5. The van der Waals surface area contributed by atoms with E-state index < -0.39 is 0 Å². The Hall–Kier alpha value is -2.75. The van der Waals surface area contributed by atoms with Crippen molar-refractivity contribution in [1.82, 2.24) is 9.55 Å². The predicted molar refractivity (Wildman–Crippen MR) is 95.8 cm³/mol. The van der Waals surface area contributed by atoms with Crippen molar-refractivity contribution in [2.24, 2.45) is 0 Å². The Labute approximate surface area is 142 Å². The molecule has 0 aliphatic rings. The van der Waals surface area contributed by atoms with Crippen molar-refractivity contribution in [2.75, 3.05) is 14.2 Å². The normalized spacial score (nSPS) is 10.7. The van der Waals surface area contributed by atoms with Gasteiger partial charge in [0, 0.05) is 12.1 Å². The molecule has 0 radical (unpaired) electrons. The van der Waals surface area contributed by atoms with Crippen LogP contribution in [0.2, 0.25) is 0 Å². The molecule has 0 spiro atoms. The third kappa shape index (κ3) is 3.00. The molecule has 0 unspecified atom stereocenters. The third-order valence-corrected chi connectivity index (χ3v) is 4.17. The van der Waals surface area contributed by atoms with E-state index in [0.29, 0.717) is 0 Å². The van der Waals surface area contributed by atoms with Gasteiger partial charge in [0.25, 0.3) is 0 Å². The zero-order valence-electron chi connectivity index (χ0n) is 14.5. The van der Waals surface area contributed by atoms with Gasteiger partial charge in [0.05, 0.1) is 25.6 Å². The molecule has 0 aliphatic carbocycles. The van der Waals surface area contributed by atoms with Gasteiger partial charge in [-0.25, -0.2) is 4.98 Å². The first-order valence-corrected chi connectivity index (χ1v) is 7.94. The minimum Gasteiger partial charge on any atom is -0.493 e. The second-order valence-electron chi connectivity index (χ2n) is 5.73. The average molecular weight is 322 g/mol. The van der Waals surface area contributed by atoms with Gasteiger partial charge >= 0.3 is 0 Å². The van der Waals surface area contributed by atoms with E-state index in [0.717, 1.165) is 40.8 Å². The molecule has 1 heterocycles. The second kappa shape index (κ2) is 6.79. The summed E-state index contributed by atoms with van der Waals surface area (Å²) in [7, 11) is 3.30. The number of aryl methyl sites for hydroxylation is 2. The molecule has 2 aromatic carbocycles. The van der Waals surface area contributed by atoms with Gasteiger partial charge in [-0.15, -0.1) is 0 Å². The maximum Gasteiger partial charge on any atom is 0.161 e. The lowest BCUT2D eigenvalue weighted by atomic mass is 10.1. The predicted octanol–water partition coefficient (Wildman–Crippen LogP) is 4.23. The van der Waals surface area contributed by atoms with Crippen LogP contribution in [-0.4, -0.2) is 23.8 Å². The molecule has 0 N–H and O–H groups in total. The number of hydrogen-bond acceptors (Lipinski definition) is 3. The van der Waals surface area contributed by atoms with Crippen LogP contribution in [0.5, 0.6) is 11.5 Å². The highest BCUT2D eigenvalue weighted by Crippen LogP contribution is 2.34. The smallest absolute Gasteiger partial charge is 0.161 e. The lowest BCUT2D eigenvalue weighted by molar-refractivity contribution is 0.355. The number of benzene rings is 2. The first kappa shape index (κ1) is 16.1. The van der Waals surface area contributed by atoms with E-state index in [4.69, 9.17) is 9.47 Å². The highest BCUT2D eigenvalue weighted by Gasteiger charge is 2.16. The first-order chi connectivity index (χ1) is 11.6. The number of imidazole rings is 1. The summed E-state index contributed by atoms with van der Waals surface area (Å²) in [6.07, 6.45) is 0. The van der Waals surface area contributed by atoms with Crippen LogP contribution in [0.4, 0.5) is 0 Å². The van der Waals surface area contributed by atoms with Crippen LogP contribution in [0.3, 0.4) is 0 Å². The molecule has 3 rings (SSSR count). The Morgan fingerprint density at radius 1 is 0.917 bits per heavy atom. The molecular formula is C20H22N2O2. The van der Waals surface area contributed by atoms with E-state index in [2.05, 4.69) is 33.8 Å². The lowest BCUT2D eigenvalue weighted by Crippen LogP contribution is -2.04. The van der Waals surface area contributed by atoms with Gasteiger partial charge < -0.3 is 14.0 Å². The SMILES string of the molecule is COc1ccc(-c2c(C)nc(C)n2Cc2ccccc2)cc1OC. The minimum atomic E-state index is 0.722. The van der Waals surface area contributed by atoms with E-state index >= 15 is 0 Å². The van der Waals surface area contributed by atoms with Gasteiger partial charge in [-0.3, -0.25) is 0 Å². The number of ether oxygens (including phenoxy) is 2. The lowest BCUT2D eigenvalue weighted by Gasteiger charge is -2.14. The first-order valence-electron chi connectivity index (χ1n) is 7.94. The molecule has 0 saturated heterocycles. The molecule has 4 heteroatoms. The van der Waals surface area contributed by atoms with Crippen LogP contribution in [0, 0.1) is 13.8 Å². The summed E-state index contributed by atoms with van der Waals surface area (Å²) in [5.74, 6) is 2.45. The molecule has 3 aromatic rings. The maximum absolute atomic E-state index is 5.45. The molecule has 1 aromatic heterocycles. The summed E-state index contributed by atoms with van der Waals surface area (Å²) in [4.78, 5) is 4.67. The molecule has 4 nitrogen and oxygen atoms in total. The van der Waals surface area contributed by atoms with Crippen LogP contribution in [-0.2, 0) is 6.54 Å². The molecular weight excluding hydrogens is 300 g/mol. The van der Waals surface area contributed by atoms with Crippen LogP contribution in [0.25, 0.3) is 11.3 Å². The largest absolute Gasteiger partial charge is 0.493 e. The van der Waals surface area contributed by atoms with Crippen LogP contribution < -0.4 is 9.47 Å². The number of nitrogens with zero attached hydrogens (tertiary/aromatic N) is 2. The quantitative estimate of drug-likeness (QED) is 0.705. The molecule has 124 valence electrons. The third-order valence-electron chi connectivity index (χ3n) is 4.17. The van der Waals surface area contributed by atoms with Gasteiger partial charge in [0.1, 0.15) is 5.82 Å². The van der Waals surface area contributed by atoms with E-state index in [1.54, 1.807) is 14.2 Å². The van der Waals surface area contributed by atoms with Crippen molar-refractivity contribution in [1.29, 1.82) is 0 Å². The molecule has 0 bridgehead atoms. The Morgan fingerprint density at radius 3 is 2.29 bits per heavy atom. The highest BCUT2D eigenvalue weighted by molar-refractivity contribution is 5.67. The summed E-state index contributed by atoms with van der Waals surface area (Å²) >= 11 is 0. The summed E-state index contributed by atoms with van der Waals surface area (Å²) in [6.45, 7) is 4.87. The molecule has 0 fully saturated rings. The van der Waals surface area contributed by atoms with Gasteiger partial charge in [-0.1, -0.05) is 30.3 Å². The Kier molecular flexibility index (Phi) is 4.56. The van der Waals surface area contributed by atoms with Crippen molar-refractivity contribution in [3.05, 3.63) is 65.6 Å². The van der Waals surface area contributed by atoms with Crippen LogP contribution in [0.1, 0.15) is 17.1 Å². The van der Waals surface area contributed by atoms with Crippen LogP contribution >= 0.6 is 0 Å². The van der Waals surface area contributed by atoms with E-state index in [1.807, 2.05) is 38.1 Å². The van der Waals surface area contributed by atoms with Gasteiger partial charge in [-0.05, 0) is 37.6 Å². The summed E-state index contributed by atoms with van der Waals surface area (Å²) < 4.78 is 13.0. The highest BCUT2D eigenvalue weighted by atomic mass is 16.5. The van der Waals surface area contributed by atoms with Crippen molar-refractivity contribution in [3.63, 3.8) is 0 Å². The van der Waals surface area contributed by atoms with E-state index in [9.17, 15) is 0 Å². The molecule has 0 amide bonds. The molecule has 0 aliphatic heterocycles. The molecule has 0 saturated carbocycles. The average Bonchev–Trinajstić information content (AvgIpc) is 2.88. The molecule has 24 heavy (non-hydrogen) atoms. The standard InChI is InChI=1S/C20H22N2O2/c1-14-20(17-10-11-18(23-3)19(12-17)24-4)22(15(2)21-14)13-16-8-6-5-7-9-16/h5-12H,13H2,1-4H3. The summed E-state index contributed by atoms with van der Waals surface area (Å²) in [6, 6.07) is 16.4. The number of methoxy groups -OCH3 is 2. The van der Waals surface area contributed by atoms with Gasteiger partial charge in [0.15, 0.2) is 11.5 Å².